The van der Waals surface area contributed by atoms with Crippen molar-refractivity contribution in [3.05, 3.63) is 0 Å². The molecule has 42 heavy (non-hydrogen) atoms. The Morgan fingerprint density at radius 3 is 0.667 bits per heavy atom. The number of hydrogen-bond donors (Lipinski definition) is 10. The molecule has 0 saturated carbocycles. The van der Waals surface area contributed by atoms with Crippen LogP contribution < -0.4 is 11.5 Å². The van der Waals surface area contributed by atoms with Gasteiger partial charge in [0, 0.05) is 0 Å². The van der Waals surface area contributed by atoms with Gasteiger partial charge in [0.05, 0.1) is 13.1 Å². The maximum Gasteiger partial charge on any atom is 0.582 e. The van der Waals surface area contributed by atoms with Gasteiger partial charge in [0.1, 0.15) is 0 Å². The van der Waals surface area contributed by atoms with Crippen LogP contribution in [-0.2, 0) is 54.9 Å². The van der Waals surface area contributed by atoms with Gasteiger partial charge in [-0.3, -0.25) is 0 Å². The van der Waals surface area contributed by atoms with E-state index >= 15 is 0 Å². The lowest BCUT2D eigenvalue weighted by Crippen LogP contribution is -2.69. The first kappa shape index (κ1) is 38.0. The molecule has 0 aromatic carbocycles. The molecule has 0 aliphatic carbocycles. The molecule has 4 aliphatic heterocycles. The van der Waals surface area contributed by atoms with Crippen LogP contribution in [-0.4, -0.2) is 126 Å². The zero-order valence-corrected chi connectivity index (χ0v) is 22.7. The Bertz CT molecular complexity index is 594. The van der Waals surface area contributed by atoms with Crippen LogP contribution >= 0.6 is 0 Å². The summed E-state index contributed by atoms with van der Waals surface area (Å²) >= 11 is 0. The van der Waals surface area contributed by atoms with Crippen molar-refractivity contribution in [3.8, 4) is 0 Å². The van der Waals surface area contributed by atoms with Crippen molar-refractivity contribution in [2.45, 2.75) is 51.4 Å². The van der Waals surface area contributed by atoms with Crippen molar-refractivity contribution in [1.29, 1.82) is 0 Å². The molecule has 4 heterocycles. The van der Waals surface area contributed by atoms with Crippen LogP contribution in [0.3, 0.4) is 0 Å². The van der Waals surface area contributed by atoms with Gasteiger partial charge in [0.2, 0.25) is 0 Å². The van der Waals surface area contributed by atoms with E-state index in [9.17, 15) is 0 Å². The van der Waals surface area contributed by atoms with Crippen LogP contribution in [0.15, 0.2) is 0 Å². The molecular formula is C10H34B10N2O20. The molecule has 0 atom stereocenters. The SMILES string of the molecule is OB1OB(O)O[B-]2(O1)OB(O)OB(O)O2.OB1OB(O)O[B-]2(O1)OB(O)OB(O)O2.[NH3+]CCCCCCCCCC[NH3+]. The normalized spacial score (nSPS) is 21.9. The second-order valence-electron chi connectivity index (χ2n) is 8.78. The van der Waals surface area contributed by atoms with Crippen molar-refractivity contribution < 1.29 is 107 Å². The van der Waals surface area contributed by atoms with Crippen molar-refractivity contribution in [1.82, 2.24) is 0 Å². The van der Waals surface area contributed by atoms with E-state index < -0.39 is 72.5 Å². The largest absolute Gasteiger partial charge is 0.582 e. The topological polar surface area (TPSA) is 328 Å². The molecule has 234 valence electrons. The Kier molecular flexibility index (Phi) is 17.5. The van der Waals surface area contributed by atoms with Crippen LogP contribution in [0.1, 0.15) is 51.4 Å². The lowest BCUT2D eigenvalue weighted by Gasteiger charge is -2.49. The fourth-order valence-electron chi connectivity index (χ4n) is 3.59. The first-order chi connectivity index (χ1) is 19.9. The monoisotopic (exact) mass is 612 g/mol. The van der Waals surface area contributed by atoms with Crippen molar-refractivity contribution in [2.24, 2.45) is 0 Å². The minimum Gasteiger partial charge on any atom is -0.539 e. The van der Waals surface area contributed by atoms with E-state index in [1.807, 2.05) is 0 Å². The van der Waals surface area contributed by atoms with Gasteiger partial charge in [-0.05, 0) is 25.7 Å². The number of hydrogen-bond acceptors (Lipinski definition) is 20. The van der Waals surface area contributed by atoms with Gasteiger partial charge < -0.3 is 107 Å². The zero-order valence-electron chi connectivity index (χ0n) is 22.7. The van der Waals surface area contributed by atoms with Gasteiger partial charge in [-0.1, -0.05) is 25.7 Å². The molecule has 14 N–H and O–H groups in total. The van der Waals surface area contributed by atoms with Crippen molar-refractivity contribution in [2.75, 3.05) is 13.1 Å². The third-order valence-electron chi connectivity index (χ3n) is 5.45. The Morgan fingerprint density at radius 1 is 0.333 bits per heavy atom. The highest BCUT2D eigenvalue weighted by Crippen LogP contribution is 2.24. The molecule has 22 nitrogen and oxygen atoms in total. The fourth-order valence-corrected chi connectivity index (χ4v) is 3.59. The first-order valence-electron chi connectivity index (χ1n) is 13.2. The Balaban J connectivity index is 0.000000222. The molecule has 4 fully saturated rings. The summed E-state index contributed by atoms with van der Waals surface area (Å²) in [5.74, 6) is 0. The molecule has 32 heteroatoms. The summed E-state index contributed by atoms with van der Waals surface area (Å²) < 4.78 is 52.8. The van der Waals surface area contributed by atoms with Crippen LogP contribution in [0.25, 0.3) is 0 Å². The zero-order chi connectivity index (χ0) is 31.2. The van der Waals surface area contributed by atoms with Gasteiger partial charge in [0.15, 0.2) is 0 Å². The predicted molar refractivity (Wildman–Crippen MR) is 141 cm³/mol. The van der Waals surface area contributed by atoms with E-state index in [0.29, 0.717) is 0 Å². The number of rotatable bonds is 9. The van der Waals surface area contributed by atoms with E-state index in [2.05, 4.69) is 66.3 Å². The second-order valence-corrected chi connectivity index (χ2v) is 8.78. The highest BCUT2D eigenvalue weighted by Gasteiger charge is 2.54. The van der Waals surface area contributed by atoms with Crippen LogP contribution in [0, 0.1) is 0 Å². The Labute approximate surface area is 243 Å². The Hall–Kier alpha value is -0.231. The molecule has 0 radical (unpaired) electrons. The minimum atomic E-state index is -3.21. The van der Waals surface area contributed by atoms with Gasteiger partial charge in [-0.15, -0.1) is 0 Å². The summed E-state index contributed by atoms with van der Waals surface area (Å²) in [7, 11) is -15.2. The molecular weight excluding hydrogens is 576 g/mol. The molecule has 2 spiro atoms. The number of quaternary nitrogens is 2. The molecule has 0 unspecified atom stereocenters. The lowest BCUT2D eigenvalue weighted by molar-refractivity contribution is -0.369. The average molecular weight is 610 g/mol. The highest BCUT2D eigenvalue weighted by molar-refractivity contribution is 6.82. The summed E-state index contributed by atoms with van der Waals surface area (Å²) in [5.41, 5.74) is 7.67. The van der Waals surface area contributed by atoms with E-state index in [0.717, 1.165) is 13.1 Å². The van der Waals surface area contributed by atoms with E-state index in [1.54, 1.807) is 0 Å². The second kappa shape index (κ2) is 19.3. The van der Waals surface area contributed by atoms with Gasteiger partial charge >= 0.3 is 72.5 Å². The van der Waals surface area contributed by atoms with Crippen LogP contribution in [0.2, 0.25) is 0 Å². The maximum absolute atomic E-state index is 8.94. The molecule has 4 aliphatic rings. The summed E-state index contributed by atoms with van der Waals surface area (Å²) in [6, 6.07) is 0. The van der Waals surface area contributed by atoms with Crippen LogP contribution in [0.4, 0.5) is 0 Å². The third kappa shape index (κ3) is 14.2. The smallest absolute Gasteiger partial charge is 0.539 e. The average Bonchev–Trinajstić information content (AvgIpc) is 2.83. The van der Waals surface area contributed by atoms with E-state index in [4.69, 9.17) is 40.2 Å². The summed E-state index contributed by atoms with van der Waals surface area (Å²) in [5, 5.41) is 71.5. The predicted octanol–water partition coefficient (Wildman–Crippen LogP) is -8.49. The molecule has 0 bridgehead atoms. The van der Waals surface area contributed by atoms with Gasteiger partial charge in [0.25, 0.3) is 0 Å². The Morgan fingerprint density at radius 2 is 0.500 bits per heavy atom. The van der Waals surface area contributed by atoms with Gasteiger partial charge in [-0.25, -0.2) is 0 Å². The molecule has 0 amide bonds. The van der Waals surface area contributed by atoms with E-state index in [-0.39, 0.29) is 0 Å². The first-order valence-corrected chi connectivity index (χ1v) is 13.2. The van der Waals surface area contributed by atoms with Crippen molar-refractivity contribution >= 4 is 72.5 Å². The standard InChI is InChI=1S/C10H24N2.2B5H4O10/c11-9-7-5-3-1-2-4-6-8-10-12;2*6-1-10-2(7)13-5(12-1)14-3(8)11-4(9)15-5/h1-12H2;2*6-9H/q;2*-1/p+2. The molecule has 0 aromatic rings. The fraction of sp³-hybridized carbons (Fsp3) is 1.00. The quantitative estimate of drug-likeness (QED) is 0.0855. The van der Waals surface area contributed by atoms with Crippen LogP contribution in [0.5, 0.6) is 0 Å². The lowest BCUT2D eigenvalue weighted by atomic mass is 9.84. The summed E-state index contributed by atoms with van der Waals surface area (Å²) in [4.78, 5) is 0. The maximum atomic E-state index is 8.94. The molecule has 4 saturated heterocycles. The number of unbranched alkanes of at least 4 members (excludes halogenated alkanes) is 7. The molecule has 4 rings (SSSR count). The minimum absolute atomic E-state index is 1.11. The highest BCUT2D eigenvalue weighted by atomic mass is 17.0. The summed E-state index contributed by atoms with van der Waals surface area (Å²) in [6.45, 7) is -4.20. The van der Waals surface area contributed by atoms with Crippen molar-refractivity contribution in [3.63, 3.8) is 0 Å². The van der Waals surface area contributed by atoms with E-state index in [1.165, 1.54) is 51.4 Å². The molecule has 0 aromatic heterocycles. The summed E-state index contributed by atoms with van der Waals surface area (Å²) in [6.07, 6.45) is 11.1. The van der Waals surface area contributed by atoms with Gasteiger partial charge in [-0.2, -0.15) is 0 Å². The third-order valence-corrected chi connectivity index (χ3v) is 5.45.